The largest absolute Gasteiger partial charge is 0.497 e. The molecule has 6 aromatic carbocycles. The average molecular weight is 1540 g/mol. The van der Waals surface area contributed by atoms with E-state index in [1.165, 1.54) is 0 Å². The number of aromatic nitrogens is 16. The molecule has 14 aromatic rings. The molecular weight excluding hydrogens is 1450 g/mol. The zero-order valence-electron chi connectivity index (χ0n) is 65.5. The Bertz CT molecular complexity index is 5500. The Hall–Kier alpha value is -13.7. The van der Waals surface area contributed by atoms with Gasteiger partial charge in [-0.2, -0.15) is 30.2 Å². The Kier molecular flexibility index (Phi) is 26.9. The van der Waals surface area contributed by atoms with Crippen molar-refractivity contribution in [3.05, 3.63) is 201 Å². The SMILES string of the molecule is COC[C@@H](O)CN(c1cc(OC)cc(OC)c1)c1ccc2ncc(-c3cnn(CCCN)c3)nc2c1.COc1cc(OC)cc(N(C/C=C/c2nccc(OC)n2)c2ccc3ncc(-c4cnn(C)c4)nc3c2)c1.COc1cc(OC)cc(N(CCCc2nc(OC)cc(OC)n2)c2ccc3ncc(-c4cnn(C)c4)nc3c2)c1. The summed E-state index contributed by atoms with van der Waals surface area (Å²) in [4.78, 5) is 52.4. The molecule has 0 saturated carbocycles. The van der Waals surface area contributed by atoms with E-state index in [9.17, 15) is 5.11 Å². The highest BCUT2D eigenvalue weighted by molar-refractivity contribution is 5.86. The van der Waals surface area contributed by atoms with Gasteiger partial charge in [0.15, 0.2) is 5.82 Å². The van der Waals surface area contributed by atoms with E-state index in [-0.39, 0.29) is 13.2 Å². The molecule has 31 nitrogen and oxygen atoms in total. The van der Waals surface area contributed by atoms with E-state index in [0.717, 1.165) is 120 Å². The van der Waals surface area contributed by atoms with Crippen LogP contribution in [0.15, 0.2) is 189 Å². The number of ether oxygens (including phenoxy) is 10. The Morgan fingerprint density at radius 2 is 0.860 bits per heavy atom. The fourth-order valence-corrected chi connectivity index (χ4v) is 12.3. The number of hydrogen-bond donors (Lipinski definition) is 2. The third kappa shape index (κ3) is 20.3. The number of fused-ring (bicyclic) bond motifs is 3. The second kappa shape index (κ2) is 38.3. The molecule has 0 aliphatic carbocycles. The average Bonchev–Trinajstić information content (AvgIpc) is 1.12. The second-order valence-electron chi connectivity index (χ2n) is 25.8. The van der Waals surface area contributed by atoms with Crippen LogP contribution < -0.4 is 63.1 Å². The molecule has 0 bridgehead atoms. The van der Waals surface area contributed by atoms with Crippen LogP contribution in [0.25, 0.3) is 72.9 Å². The second-order valence-corrected chi connectivity index (χ2v) is 25.8. The summed E-state index contributed by atoms with van der Waals surface area (Å²) in [6.45, 7) is 3.02. The minimum absolute atomic E-state index is 0.198. The Morgan fingerprint density at radius 3 is 1.30 bits per heavy atom. The van der Waals surface area contributed by atoms with E-state index in [1.807, 2.05) is 158 Å². The third-order valence-corrected chi connectivity index (χ3v) is 18.1. The van der Waals surface area contributed by atoms with Gasteiger partial charge in [0, 0.05) is 184 Å². The van der Waals surface area contributed by atoms with Gasteiger partial charge in [-0.25, -0.2) is 19.9 Å². The summed E-state index contributed by atoms with van der Waals surface area (Å²) in [5, 5.41) is 23.5. The van der Waals surface area contributed by atoms with E-state index in [1.54, 1.807) is 142 Å². The van der Waals surface area contributed by atoms with Gasteiger partial charge in [-0.15, -0.1) is 0 Å². The molecule has 8 heterocycles. The normalized spacial score (nSPS) is 11.4. The van der Waals surface area contributed by atoms with Crippen molar-refractivity contribution in [2.24, 2.45) is 19.8 Å². The van der Waals surface area contributed by atoms with Crippen LogP contribution >= 0.6 is 0 Å². The Balaban J connectivity index is 0.000000158. The summed E-state index contributed by atoms with van der Waals surface area (Å²) in [6.07, 6.45) is 23.4. The lowest BCUT2D eigenvalue weighted by Crippen LogP contribution is -2.31. The fraction of sp³-hybridized carbons (Fsp3) is 0.265. The van der Waals surface area contributed by atoms with Gasteiger partial charge in [-0.05, 0) is 80.1 Å². The summed E-state index contributed by atoms with van der Waals surface area (Å²) < 4.78 is 59.5. The van der Waals surface area contributed by atoms with Gasteiger partial charge in [-0.3, -0.25) is 29.0 Å². The predicted octanol–water partition coefficient (Wildman–Crippen LogP) is 12.3. The van der Waals surface area contributed by atoms with Gasteiger partial charge in [-0.1, -0.05) is 6.08 Å². The quantitative estimate of drug-likeness (QED) is 0.0395. The highest BCUT2D eigenvalue weighted by atomic mass is 16.5. The molecule has 14 rings (SSSR count). The number of anilines is 6. The summed E-state index contributed by atoms with van der Waals surface area (Å²) in [5.41, 5.74) is 20.5. The maximum absolute atomic E-state index is 10.6. The molecule has 0 saturated heterocycles. The summed E-state index contributed by atoms with van der Waals surface area (Å²) in [5.74, 6) is 6.68. The molecule has 0 unspecified atom stereocenters. The number of aliphatic hydroxyl groups is 1. The molecule has 8 aromatic heterocycles. The first kappa shape index (κ1) is 79.9. The van der Waals surface area contributed by atoms with Crippen molar-refractivity contribution in [1.82, 2.24) is 79.2 Å². The number of nitrogens with zero attached hydrogens (tertiary/aromatic N) is 19. The van der Waals surface area contributed by atoms with Crippen molar-refractivity contribution in [2.45, 2.75) is 31.9 Å². The van der Waals surface area contributed by atoms with E-state index in [0.29, 0.717) is 89.8 Å². The lowest BCUT2D eigenvalue weighted by atomic mass is 10.1. The van der Waals surface area contributed by atoms with Crippen LogP contribution in [0.1, 0.15) is 24.5 Å². The lowest BCUT2D eigenvalue weighted by Gasteiger charge is -2.28. The molecule has 0 aliphatic heterocycles. The number of nitrogens with two attached hydrogens (primary N) is 1. The van der Waals surface area contributed by atoms with Crippen LogP contribution in [0.4, 0.5) is 34.1 Å². The maximum atomic E-state index is 10.6. The van der Waals surface area contributed by atoms with Gasteiger partial charge in [0.25, 0.3) is 0 Å². The predicted molar refractivity (Wildman–Crippen MR) is 437 cm³/mol. The van der Waals surface area contributed by atoms with E-state index >= 15 is 0 Å². The first-order valence-electron chi connectivity index (χ1n) is 36.3. The number of rotatable bonds is 32. The molecule has 0 spiro atoms. The Morgan fingerprint density at radius 1 is 0.421 bits per heavy atom. The van der Waals surface area contributed by atoms with Crippen molar-refractivity contribution in [3.63, 3.8) is 0 Å². The maximum Gasteiger partial charge on any atom is 0.220 e. The molecule has 3 N–H and O–H groups in total. The van der Waals surface area contributed by atoms with Crippen LogP contribution in [0.5, 0.6) is 52.1 Å². The monoisotopic (exact) mass is 1540 g/mol. The highest BCUT2D eigenvalue weighted by Gasteiger charge is 2.22. The first-order valence-corrected chi connectivity index (χ1v) is 36.3. The zero-order chi connectivity index (χ0) is 80.0. The number of aliphatic hydroxyl groups excluding tert-OH is 1. The number of aryl methyl sites for hydroxylation is 4. The third-order valence-electron chi connectivity index (χ3n) is 18.1. The summed E-state index contributed by atoms with van der Waals surface area (Å²) >= 11 is 0. The van der Waals surface area contributed by atoms with E-state index in [4.69, 9.17) is 68.1 Å². The molecule has 1 atom stereocenters. The topological polar surface area (TPSA) is 331 Å². The van der Waals surface area contributed by atoms with Crippen molar-refractivity contribution in [2.75, 3.05) is 119 Å². The number of benzene rings is 6. The van der Waals surface area contributed by atoms with Crippen LogP contribution in [-0.2, 0) is 31.8 Å². The minimum Gasteiger partial charge on any atom is -0.497 e. The van der Waals surface area contributed by atoms with Gasteiger partial charge >= 0.3 is 0 Å². The highest BCUT2D eigenvalue weighted by Crippen LogP contribution is 2.39. The standard InChI is InChI=1S/C29H31N7O4.C28H27N7O3.C26H32N6O4/c1-35-18-19(16-31-35)26-17-30-24-9-8-20(13-25(24)32-26)36(21-11-22(37-2)14-23(12-21)38-3)10-6-7-27-33-28(39-4)15-29(34-27)40-5;1-34-18-19(16-31-34)26-17-30-24-8-7-20(14-25(24)32-26)35(21-12-22(36-2)15-23(13-21)37-3)11-5-6-27-29-10-9-28(33-27)38-4;1-34-17-21(33)16-32(20-9-22(35-2)12-23(10-20)36-3)19-5-6-24-25(11-19)30-26(14-28-24)18-13-29-31(15-18)8-4-7-27/h8-9,11-18H,6-7,10H2,1-5H3;5-10,12-18H,11H2,1-4H3;5-6,9-15,21,33H,4,7-8,16-17,27H2,1-3H3/b;6-5+;/t;;21-/m..0/s1. The lowest BCUT2D eigenvalue weighted by molar-refractivity contribution is 0.0701. The van der Waals surface area contributed by atoms with Crippen molar-refractivity contribution >= 4 is 73.3 Å². The van der Waals surface area contributed by atoms with E-state index in [2.05, 4.69) is 60.0 Å². The zero-order valence-corrected chi connectivity index (χ0v) is 65.5. The first-order chi connectivity index (χ1) is 55.6. The van der Waals surface area contributed by atoms with E-state index < -0.39 is 6.10 Å². The smallest absolute Gasteiger partial charge is 0.220 e. The van der Waals surface area contributed by atoms with Crippen LogP contribution in [0.2, 0.25) is 0 Å². The van der Waals surface area contributed by atoms with Gasteiger partial charge in [0.05, 0.1) is 177 Å². The van der Waals surface area contributed by atoms with Gasteiger partial charge < -0.3 is 72.9 Å². The van der Waals surface area contributed by atoms with Crippen LogP contribution in [0, 0.1) is 0 Å². The fourth-order valence-electron chi connectivity index (χ4n) is 12.3. The molecule has 588 valence electrons. The van der Waals surface area contributed by atoms with Crippen molar-refractivity contribution in [3.8, 4) is 85.9 Å². The van der Waals surface area contributed by atoms with Crippen LogP contribution in [-0.4, -0.2) is 194 Å². The van der Waals surface area contributed by atoms with Gasteiger partial charge in [0.1, 0.15) is 40.3 Å². The minimum atomic E-state index is -0.723. The van der Waals surface area contributed by atoms with Gasteiger partial charge in [0.2, 0.25) is 17.6 Å². The van der Waals surface area contributed by atoms with Crippen molar-refractivity contribution < 1.29 is 52.5 Å². The van der Waals surface area contributed by atoms with Crippen molar-refractivity contribution in [1.29, 1.82) is 0 Å². The summed E-state index contributed by atoms with van der Waals surface area (Å²) in [6, 6.07) is 38.4. The Labute approximate surface area is 659 Å². The molecule has 31 heteroatoms. The number of hydrogen-bond acceptors (Lipinski definition) is 28. The molecule has 0 radical (unpaired) electrons. The molecule has 0 fully saturated rings. The number of methoxy groups -OCH3 is 10. The molecule has 0 amide bonds. The summed E-state index contributed by atoms with van der Waals surface area (Å²) in [7, 11) is 19.8. The molecule has 0 aliphatic rings. The molecular formula is C83H90N20O11. The van der Waals surface area contributed by atoms with Crippen LogP contribution in [0.3, 0.4) is 0 Å². The molecule has 114 heavy (non-hydrogen) atoms.